The average Bonchev–Trinajstić information content (AvgIpc) is 2.80. The number of hydrogen-bond acceptors (Lipinski definition) is 4. The number of halogens is 1. The second-order valence-electron chi connectivity index (χ2n) is 8.29. The van der Waals surface area contributed by atoms with Crippen LogP contribution in [0.25, 0.3) is 0 Å². The highest BCUT2D eigenvalue weighted by atomic mass is 32.2. The third-order valence-electron chi connectivity index (χ3n) is 5.57. The minimum Gasteiger partial charge on any atom is -0.354 e. The Morgan fingerprint density at radius 2 is 1.65 bits per heavy atom. The summed E-state index contributed by atoms with van der Waals surface area (Å²) in [7, 11) is -2.56. The van der Waals surface area contributed by atoms with Gasteiger partial charge in [0.05, 0.1) is 11.4 Å². The van der Waals surface area contributed by atoms with Crippen LogP contribution < -0.4 is 5.32 Å². The van der Waals surface area contributed by atoms with E-state index in [-0.39, 0.29) is 17.3 Å². The SMILES string of the molecule is CCCCNC(=O)[C@H](CC)N(Cc1ccc(F)cc1)C(=O)CN(C)S(=O)(=O)c1ccc(C)cc1. The van der Waals surface area contributed by atoms with Gasteiger partial charge in [-0.05, 0) is 49.6 Å². The number of benzene rings is 2. The summed E-state index contributed by atoms with van der Waals surface area (Å²) in [4.78, 5) is 27.7. The number of likely N-dealkylation sites (N-methyl/N-ethyl adjacent to an activating group) is 1. The maximum Gasteiger partial charge on any atom is 0.243 e. The van der Waals surface area contributed by atoms with Gasteiger partial charge in [-0.3, -0.25) is 9.59 Å². The third-order valence-corrected chi connectivity index (χ3v) is 7.39. The molecule has 34 heavy (non-hydrogen) atoms. The van der Waals surface area contributed by atoms with Crippen LogP contribution in [0.2, 0.25) is 0 Å². The molecule has 2 rings (SSSR count). The van der Waals surface area contributed by atoms with Crippen molar-refractivity contribution in [1.82, 2.24) is 14.5 Å². The molecule has 0 fully saturated rings. The van der Waals surface area contributed by atoms with Crippen molar-refractivity contribution in [1.29, 1.82) is 0 Å². The van der Waals surface area contributed by atoms with E-state index in [1.807, 2.05) is 13.8 Å². The Hall–Kier alpha value is -2.78. The van der Waals surface area contributed by atoms with Crippen molar-refractivity contribution in [2.75, 3.05) is 20.1 Å². The zero-order chi connectivity index (χ0) is 25.3. The Bertz CT molecular complexity index is 1060. The molecule has 1 atom stereocenters. The van der Waals surface area contributed by atoms with E-state index in [0.29, 0.717) is 18.5 Å². The molecule has 0 aliphatic rings. The first-order valence-corrected chi connectivity index (χ1v) is 12.9. The minimum atomic E-state index is -3.90. The maximum absolute atomic E-state index is 13.4. The van der Waals surface area contributed by atoms with Gasteiger partial charge in [0.1, 0.15) is 11.9 Å². The summed E-state index contributed by atoms with van der Waals surface area (Å²) in [5.74, 6) is -1.22. The Morgan fingerprint density at radius 3 is 2.21 bits per heavy atom. The highest BCUT2D eigenvalue weighted by Crippen LogP contribution is 2.18. The van der Waals surface area contributed by atoms with Crippen LogP contribution in [0.1, 0.15) is 44.2 Å². The lowest BCUT2D eigenvalue weighted by Crippen LogP contribution is -2.51. The Balaban J connectivity index is 2.28. The minimum absolute atomic E-state index is 0.0528. The summed E-state index contributed by atoms with van der Waals surface area (Å²) in [5, 5.41) is 2.85. The third kappa shape index (κ3) is 7.36. The summed E-state index contributed by atoms with van der Waals surface area (Å²) < 4.78 is 40.3. The molecule has 2 aromatic carbocycles. The van der Waals surface area contributed by atoms with Crippen molar-refractivity contribution in [3.05, 3.63) is 65.5 Å². The second kappa shape index (κ2) is 12.6. The topological polar surface area (TPSA) is 86.8 Å². The lowest BCUT2D eigenvalue weighted by molar-refractivity contribution is -0.141. The number of unbranched alkanes of at least 4 members (excludes halogenated alkanes) is 1. The molecule has 0 bridgehead atoms. The van der Waals surface area contributed by atoms with E-state index in [4.69, 9.17) is 0 Å². The first kappa shape index (κ1) is 27.5. The second-order valence-corrected chi connectivity index (χ2v) is 10.3. The monoisotopic (exact) mass is 491 g/mol. The predicted octanol–water partition coefficient (Wildman–Crippen LogP) is 3.48. The number of carbonyl (C=O) groups excluding carboxylic acids is 2. The average molecular weight is 492 g/mol. The molecule has 0 saturated carbocycles. The molecule has 0 aliphatic carbocycles. The smallest absolute Gasteiger partial charge is 0.243 e. The molecule has 0 aliphatic heterocycles. The Kier molecular flexibility index (Phi) is 10.2. The van der Waals surface area contributed by atoms with Gasteiger partial charge < -0.3 is 10.2 Å². The number of hydrogen-bond donors (Lipinski definition) is 1. The van der Waals surface area contributed by atoms with E-state index >= 15 is 0 Å². The van der Waals surface area contributed by atoms with Crippen LogP contribution in [-0.4, -0.2) is 55.6 Å². The van der Waals surface area contributed by atoms with E-state index in [0.717, 1.165) is 22.7 Å². The molecule has 2 amide bonds. The number of aryl methyl sites for hydroxylation is 1. The molecule has 2 aromatic rings. The fourth-order valence-corrected chi connectivity index (χ4v) is 4.59. The molecule has 9 heteroatoms. The molecule has 7 nitrogen and oxygen atoms in total. The van der Waals surface area contributed by atoms with Gasteiger partial charge in [-0.2, -0.15) is 4.31 Å². The number of nitrogens with zero attached hydrogens (tertiary/aromatic N) is 2. The van der Waals surface area contributed by atoms with Crippen LogP contribution in [0.4, 0.5) is 4.39 Å². The summed E-state index contributed by atoms with van der Waals surface area (Å²) in [6, 6.07) is 11.3. The van der Waals surface area contributed by atoms with Gasteiger partial charge in [0.2, 0.25) is 21.8 Å². The maximum atomic E-state index is 13.4. The Morgan fingerprint density at radius 1 is 1.03 bits per heavy atom. The van der Waals surface area contributed by atoms with Crippen molar-refractivity contribution < 1.29 is 22.4 Å². The molecule has 0 saturated heterocycles. The van der Waals surface area contributed by atoms with Gasteiger partial charge in [0, 0.05) is 20.1 Å². The van der Waals surface area contributed by atoms with E-state index in [1.165, 1.54) is 36.2 Å². The van der Waals surface area contributed by atoms with Crippen molar-refractivity contribution in [2.45, 2.75) is 57.5 Å². The molecule has 0 heterocycles. The molecule has 186 valence electrons. The van der Waals surface area contributed by atoms with Gasteiger partial charge in [-0.25, -0.2) is 12.8 Å². The summed E-state index contributed by atoms with van der Waals surface area (Å²) >= 11 is 0. The molecule has 1 N–H and O–H groups in total. The zero-order valence-corrected chi connectivity index (χ0v) is 21.1. The van der Waals surface area contributed by atoms with Crippen LogP contribution in [0.3, 0.4) is 0 Å². The number of carbonyl (C=O) groups is 2. The lowest BCUT2D eigenvalue weighted by atomic mass is 10.1. The van der Waals surface area contributed by atoms with Gasteiger partial charge >= 0.3 is 0 Å². The summed E-state index contributed by atoms with van der Waals surface area (Å²) in [6.07, 6.45) is 2.07. The lowest BCUT2D eigenvalue weighted by Gasteiger charge is -2.32. The van der Waals surface area contributed by atoms with E-state index in [9.17, 15) is 22.4 Å². The highest BCUT2D eigenvalue weighted by molar-refractivity contribution is 7.89. The summed E-state index contributed by atoms with van der Waals surface area (Å²) in [6.45, 7) is 5.77. The van der Waals surface area contributed by atoms with Crippen molar-refractivity contribution in [2.24, 2.45) is 0 Å². The molecular formula is C25H34FN3O4S. The van der Waals surface area contributed by atoms with E-state index < -0.39 is 34.3 Å². The van der Waals surface area contributed by atoms with Crippen LogP contribution >= 0.6 is 0 Å². The molecular weight excluding hydrogens is 457 g/mol. The van der Waals surface area contributed by atoms with Gasteiger partial charge in [0.15, 0.2) is 0 Å². The van der Waals surface area contributed by atoms with Gasteiger partial charge in [-0.15, -0.1) is 0 Å². The summed E-state index contributed by atoms with van der Waals surface area (Å²) in [5.41, 5.74) is 1.56. The van der Waals surface area contributed by atoms with Crippen LogP contribution in [0.15, 0.2) is 53.4 Å². The van der Waals surface area contributed by atoms with Crippen LogP contribution in [-0.2, 0) is 26.2 Å². The highest BCUT2D eigenvalue weighted by Gasteiger charge is 2.31. The molecule has 0 unspecified atom stereocenters. The van der Waals surface area contributed by atoms with Crippen molar-refractivity contribution >= 4 is 21.8 Å². The zero-order valence-electron chi connectivity index (χ0n) is 20.3. The number of amides is 2. The first-order valence-electron chi connectivity index (χ1n) is 11.4. The quantitative estimate of drug-likeness (QED) is 0.461. The first-order chi connectivity index (χ1) is 16.1. The number of sulfonamides is 1. The van der Waals surface area contributed by atoms with E-state index in [1.54, 1.807) is 31.2 Å². The molecule has 0 radical (unpaired) electrons. The van der Waals surface area contributed by atoms with E-state index in [2.05, 4.69) is 5.32 Å². The largest absolute Gasteiger partial charge is 0.354 e. The standard InChI is InChI=1S/C25H34FN3O4S/c1-5-7-16-27-25(31)23(6-2)29(17-20-10-12-21(26)13-11-20)24(30)18-28(4)34(32,33)22-14-8-19(3)9-15-22/h8-15,23H,5-7,16-18H2,1-4H3,(H,27,31)/t23-/m0/s1. The molecule has 0 spiro atoms. The van der Waals surface area contributed by atoms with Gasteiger partial charge in [-0.1, -0.05) is 50.1 Å². The van der Waals surface area contributed by atoms with Gasteiger partial charge in [0.25, 0.3) is 0 Å². The van der Waals surface area contributed by atoms with Crippen molar-refractivity contribution in [3.63, 3.8) is 0 Å². The fraction of sp³-hybridized carbons (Fsp3) is 0.440. The Labute approximate surface area is 202 Å². The van der Waals surface area contributed by atoms with Crippen LogP contribution in [0.5, 0.6) is 0 Å². The number of rotatable bonds is 12. The normalized spacial score (nSPS) is 12.4. The predicted molar refractivity (Wildman–Crippen MR) is 130 cm³/mol. The van der Waals surface area contributed by atoms with Crippen molar-refractivity contribution in [3.8, 4) is 0 Å². The fourth-order valence-electron chi connectivity index (χ4n) is 3.47. The molecule has 0 aromatic heterocycles. The number of nitrogens with one attached hydrogen (secondary N) is 1. The van der Waals surface area contributed by atoms with Crippen LogP contribution in [0, 0.1) is 12.7 Å².